The van der Waals surface area contributed by atoms with Crippen molar-refractivity contribution in [1.82, 2.24) is 25.1 Å². The summed E-state index contributed by atoms with van der Waals surface area (Å²) in [6.45, 7) is 0. The molecule has 1 unspecified atom stereocenters. The first-order valence-electron chi connectivity index (χ1n) is 7.42. The number of hydrogen-bond acceptors (Lipinski definition) is 6. The van der Waals surface area contributed by atoms with Gasteiger partial charge in [0.1, 0.15) is 0 Å². The highest BCUT2D eigenvalue weighted by Crippen LogP contribution is 2.28. The van der Waals surface area contributed by atoms with E-state index in [1.165, 1.54) is 12.1 Å². The fourth-order valence-corrected chi connectivity index (χ4v) is 2.80. The molecule has 9 heteroatoms. The molecule has 25 heavy (non-hydrogen) atoms. The highest BCUT2D eigenvalue weighted by molar-refractivity contribution is 6.30. The van der Waals surface area contributed by atoms with Crippen LogP contribution in [0, 0.1) is 10.1 Å². The van der Waals surface area contributed by atoms with E-state index in [9.17, 15) is 10.1 Å². The fourth-order valence-electron chi connectivity index (χ4n) is 2.61. The van der Waals surface area contributed by atoms with E-state index in [-0.39, 0.29) is 11.7 Å². The van der Waals surface area contributed by atoms with Gasteiger partial charge in [0.05, 0.1) is 16.7 Å². The molecule has 8 nitrogen and oxygen atoms in total. The number of nitrogens with zero attached hydrogens (tertiary/aromatic N) is 6. The third-order valence-electron chi connectivity index (χ3n) is 3.73. The van der Waals surface area contributed by atoms with Gasteiger partial charge in [0.25, 0.3) is 5.69 Å². The maximum atomic E-state index is 10.9. The SMILES string of the molecule is CN(C)C(c1ccc([N+](=O)[O-])cc1)c1nnnn1-c1cccc(Cl)c1. The standard InChI is InChI=1S/C16H15ClN6O2/c1-21(2)15(11-6-8-13(9-7-11)23(24)25)16-18-19-20-22(16)14-5-3-4-12(17)10-14/h3-10,15H,1-2H3. The summed E-state index contributed by atoms with van der Waals surface area (Å²) in [6, 6.07) is 13.3. The zero-order valence-corrected chi connectivity index (χ0v) is 14.3. The summed E-state index contributed by atoms with van der Waals surface area (Å²) in [5.74, 6) is 0.584. The highest BCUT2D eigenvalue weighted by atomic mass is 35.5. The molecule has 0 saturated heterocycles. The van der Waals surface area contributed by atoms with Crippen LogP contribution in [-0.2, 0) is 0 Å². The Labute approximate surface area is 148 Å². The second kappa shape index (κ2) is 6.96. The van der Waals surface area contributed by atoms with Crippen molar-refractivity contribution in [2.45, 2.75) is 6.04 Å². The van der Waals surface area contributed by atoms with E-state index in [4.69, 9.17) is 11.6 Å². The molecule has 0 bridgehead atoms. The van der Waals surface area contributed by atoms with Crippen LogP contribution in [0.3, 0.4) is 0 Å². The van der Waals surface area contributed by atoms with Gasteiger partial charge >= 0.3 is 0 Å². The summed E-state index contributed by atoms with van der Waals surface area (Å²) < 4.78 is 1.61. The molecule has 0 saturated carbocycles. The summed E-state index contributed by atoms with van der Waals surface area (Å²) in [7, 11) is 3.78. The van der Waals surface area contributed by atoms with Crippen LogP contribution < -0.4 is 0 Å². The molecule has 0 radical (unpaired) electrons. The van der Waals surface area contributed by atoms with Crippen LogP contribution in [0.5, 0.6) is 0 Å². The first-order valence-corrected chi connectivity index (χ1v) is 7.80. The average molecular weight is 359 g/mol. The van der Waals surface area contributed by atoms with Gasteiger partial charge in [-0.25, -0.2) is 0 Å². The van der Waals surface area contributed by atoms with Gasteiger partial charge < -0.3 is 0 Å². The van der Waals surface area contributed by atoms with Crippen molar-refractivity contribution in [3.8, 4) is 5.69 Å². The van der Waals surface area contributed by atoms with Crippen LogP contribution in [0.4, 0.5) is 5.69 Å². The monoisotopic (exact) mass is 358 g/mol. The number of tetrazole rings is 1. The highest BCUT2D eigenvalue weighted by Gasteiger charge is 2.24. The van der Waals surface area contributed by atoms with E-state index < -0.39 is 4.92 Å². The van der Waals surface area contributed by atoms with Crippen molar-refractivity contribution < 1.29 is 4.92 Å². The lowest BCUT2D eigenvalue weighted by Crippen LogP contribution is -2.24. The zero-order chi connectivity index (χ0) is 18.0. The van der Waals surface area contributed by atoms with Crippen LogP contribution in [0.1, 0.15) is 17.4 Å². The lowest BCUT2D eigenvalue weighted by atomic mass is 10.0. The molecule has 1 heterocycles. The molecule has 0 amide bonds. The number of nitro benzene ring substituents is 1. The third-order valence-corrected chi connectivity index (χ3v) is 3.96. The molecule has 0 fully saturated rings. The molecule has 0 spiro atoms. The van der Waals surface area contributed by atoms with Crippen molar-refractivity contribution in [3.63, 3.8) is 0 Å². The molecular weight excluding hydrogens is 344 g/mol. The van der Waals surface area contributed by atoms with Gasteiger partial charge in [-0.2, -0.15) is 4.68 Å². The predicted molar refractivity (Wildman–Crippen MR) is 92.8 cm³/mol. The molecule has 0 N–H and O–H groups in total. The van der Waals surface area contributed by atoms with Gasteiger partial charge in [0.15, 0.2) is 5.82 Å². The Bertz CT molecular complexity index is 894. The summed E-state index contributed by atoms with van der Waals surface area (Å²) in [5, 5.41) is 23.5. The number of non-ortho nitro benzene ring substituents is 1. The van der Waals surface area contributed by atoms with Gasteiger partial charge in [0, 0.05) is 17.2 Å². The summed E-state index contributed by atoms with van der Waals surface area (Å²) in [4.78, 5) is 12.4. The molecular formula is C16H15ClN6O2. The lowest BCUT2D eigenvalue weighted by molar-refractivity contribution is -0.384. The number of aromatic nitrogens is 4. The third kappa shape index (κ3) is 3.49. The Morgan fingerprint density at radius 3 is 2.52 bits per heavy atom. The Kier molecular flexibility index (Phi) is 4.73. The lowest BCUT2D eigenvalue weighted by Gasteiger charge is -2.23. The smallest absolute Gasteiger partial charge is 0.269 e. The maximum Gasteiger partial charge on any atom is 0.269 e. The van der Waals surface area contributed by atoms with Crippen molar-refractivity contribution >= 4 is 17.3 Å². The predicted octanol–water partition coefficient (Wildman–Crippen LogP) is 2.87. The molecule has 1 aromatic heterocycles. The van der Waals surface area contributed by atoms with Gasteiger partial charge in [-0.1, -0.05) is 29.8 Å². The fraction of sp³-hybridized carbons (Fsp3) is 0.188. The number of nitro groups is 1. The Morgan fingerprint density at radius 1 is 1.20 bits per heavy atom. The van der Waals surface area contributed by atoms with Crippen LogP contribution in [-0.4, -0.2) is 44.1 Å². The normalized spacial score (nSPS) is 12.3. The van der Waals surface area contributed by atoms with E-state index in [1.54, 1.807) is 28.9 Å². The first kappa shape index (κ1) is 17.0. The van der Waals surface area contributed by atoms with Crippen LogP contribution in [0.25, 0.3) is 5.69 Å². The number of benzene rings is 2. The van der Waals surface area contributed by atoms with E-state index >= 15 is 0 Å². The van der Waals surface area contributed by atoms with Gasteiger partial charge in [-0.15, -0.1) is 5.10 Å². The number of rotatable bonds is 5. The first-order chi connectivity index (χ1) is 12.0. The molecule has 2 aromatic carbocycles. The quantitative estimate of drug-likeness (QED) is 0.514. The largest absolute Gasteiger partial charge is 0.296 e. The van der Waals surface area contributed by atoms with Gasteiger partial charge in [-0.3, -0.25) is 15.0 Å². The van der Waals surface area contributed by atoms with Crippen molar-refractivity contribution in [2.75, 3.05) is 14.1 Å². The van der Waals surface area contributed by atoms with Gasteiger partial charge in [0.2, 0.25) is 0 Å². The Hall–Kier alpha value is -2.84. The van der Waals surface area contributed by atoms with Gasteiger partial charge in [-0.05, 0) is 48.3 Å². The van der Waals surface area contributed by atoms with Crippen molar-refractivity contribution in [2.24, 2.45) is 0 Å². The van der Waals surface area contributed by atoms with Crippen molar-refractivity contribution in [1.29, 1.82) is 0 Å². The molecule has 0 aliphatic carbocycles. The topological polar surface area (TPSA) is 90.0 Å². The molecule has 3 aromatic rings. The molecule has 1 atom stereocenters. The minimum atomic E-state index is -0.426. The van der Waals surface area contributed by atoms with E-state index in [2.05, 4.69) is 15.5 Å². The van der Waals surface area contributed by atoms with Crippen LogP contribution >= 0.6 is 11.6 Å². The molecule has 3 rings (SSSR count). The molecule has 128 valence electrons. The summed E-state index contributed by atoms with van der Waals surface area (Å²) >= 11 is 6.06. The zero-order valence-electron chi connectivity index (χ0n) is 13.6. The second-order valence-electron chi connectivity index (χ2n) is 5.64. The summed E-state index contributed by atoms with van der Waals surface area (Å²) in [5.41, 5.74) is 1.62. The minimum Gasteiger partial charge on any atom is -0.296 e. The van der Waals surface area contributed by atoms with E-state index in [1.807, 2.05) is 31.1 Å². The van der Waals surface area contributed by atoms with E-state index in [0.29, 0.717) is 10.8 Å². The van der Waals surface area contributed by atoms with Crippen molar-refractivity contribution in [3.05, 3.63) is 75.1 Å². The second-order valence-corrected chi connectivity index (χ2v) is 6.08. The van der Waals surface area contributed by atoms with E-state index in [0.717, 1.165) is 11.3 Å². The molecule has 0 aliphatic heterocycles. The maximum absolute atomic E-state index is 10.9. The summed E-state index contributed by atoms with van der Waals surface area (Å²) in [6.07, 6.45) is 0. The number of halogens is 1. The van der Waals surface area contributed by atoms with Crippen LogP contribution in [0.15, 0.2) is 48.5 Å². The average Bonchev–Trinajstić information content (AvgIpc) is 3.04. The minimum absolute atomic E-state index is 0.0377. The Balaban J connectivity index is 2.05. The molecule has 0 aliphatic rings. The number of hydrogen-bond donors (Lipinski definition) is 0. The Morgan fingerprint density at radius 2 is 1.92 bits per heavy atom. The van der Waals surface area contributed by atoms with Crippen LogP contribution in [0.2, 0.25) is 5.02 Å².